The Balaban J connectivity index is 1.25. The summed E-state index contributed by atoms with van der Waals surface area (Å²) in [5.74, 6) is 4.33. The predicted octanol–water partition coefficient (Wildman–Crippen LogP) is 6.77. The van der Waals surface area contributed by atoms with E-state index in [4.69, 9.17) is 9.47 Å². The van der Waals surface area contributed by atoms with Gasteiger partial charge in [-0.1, -0.05) is 42.8 Å². The normalized spacial score (nSPS) is 24.1. The zero-order valence-corrected chi connectivity index (χ0v) is 17.1. The first-order valence-electron chi connectivity index (χ1n) is 11.2. The quantitative estimate of drug-likeness (QED) is 0.527. The standard InChI is InChI=1S/C27H27NO2/c1-2-4-25(23(3-1)21-9-12-26-27(17-21)30-14-13-29-26)28-22-10-7-19(8-11-22)24-16-18-5-6-20(24)15-18/h1-4,7-12,17-18,20,24,28H,5-6,13-16H2. The number of rotatable bonds is 4. The second-order valence-corrected chi connectivity index (χ2v) is 8.93. The van der Waals surface area contributed by atoms with Crippen LogP contribution >= 0.6 is 0 Å². The maximum absolute atomic E-state index is 5.78. The topological polar surface area (TPSA) is 30.5 Å². The first-order valence-corrected chi connectivity index (χ1v) is 11.2. The molecule has 0 radical (unpaired) electrons. The summed E-state index contributed by atoms with van der Waals surface area (Å²) in [6.45, 7) is 1.22. The van der Waals surface area contributed by atoms with Crippen LogP contribution in [0.25, 0.3) is 11.1 Å². The van der Waals surface area contributed by atoms with Crippen molar-refractivity contribution in [1.82, 2.24) is 0 Å². The van der Waals surface area contributed by atoms with Crippen molar-refractivity contribution in [3.05, 3.63) is 72.3 Å². The number of para-hydroxylation sites is 1. The van der Waals surface area contributed by atoms with Gasteiger partial charge in [0.15, 0.2) is 11.5 Å². The Bertz CT molecular complexity index is 1060. The van der Waals surface area contributed by atoms with Crippen molar-refractivity contribution in [2.75, 3.05) is 18.5 Å². The summed E-state index contributed by atoms with van der Waals surface area (Å²) in [4.78, 5) is 0. The van der Waals surface area contributed by atoms with E-state index in [9.17, 15) is 0 Å². The molecule has 0 spiro atoms. The molecule has 0 aromatic heterocycles. The third-order valence-electron chi connectivity index (χ3n) is 7.14. The zero-order valence-electron chi connectivity index (χ0n) is 17.1. The monoisotopic (exact) mass is 397 g/mol. The molecule has 30 heavy (non-hydrogen) atoms. The third kappa shape index (κ3) is 3.23. The molecule has 3 unspecified atom stereocenters. The van der Waals surface area contributed by atoms with E-state index < -0.39 is 0 Å². The van der Waals surface area contributed by atoms with Gasteiger partial charge in [-0.3, -0.25) is 0 Å². The summed E-state index contributed by atoms with van der Waals surface area (Å²) in [5, 5.41) is 3.63. The molecule has 0 saturated heterocycles. The number of hydrogen-bond acceptors (Lipinski definition) is 3. The van der Waals surface area contributed by atoms with Crippen molar-refractivity contribution in [3.8, 4) is 22.6 Å². The zero-order chi connectivity index (χ0) is 19.9. The number of ether oxygens (including phenoxy) is 2. The second-order valence-electron chi connectivity index (χ2n) is 8.93. The molecule has 2 bridgehead atoms. The van der Waals surface area contributed by atoms with Crippen LogP contribution in [0, 0.1) is 11.8 Å². The molecule has 1 aliphatic heterocycles. The van der Waals surface area contributed by atoms with E-state index in [1.165, 1.54) is 31.2 Å². The van der Waals surface area contributed by atoms with E-state index in [1.54, 1.807) is 0 Å². The van der Waals surface area contributed by atoms with Gasteiger partial charge < -0.3 is 14.8 Å². The van der Waals surface area contributed by atoms with E-state index >= 15 is 0 Å². The molecule has 2 fully saturated rings. The van der Waals surface area contributed by atoms with Gasteiger partial charge in [-0.25, -0.2) is 0 Å². The highest BCUT2D eigenvalue weighted by Gasteiger charge is 2.39. The van der Waals surface area contributed by atoms with Crippen LogP contribution in [0.4, 0.5) is 11.4 Å². The molecule has 3 aromatic rings. The molecule has 3 aromatic carbocycles. The van der Waals surface area contributed by atoms with E-state index in [0.717, 1.165) is 51.8 Å². The maximum Gasteiger partial charge on any atom is 0.161 e. The van der Waals surface area contributed by atoms with Crippen molar-refractivity contribution in [2.45, 2.75) is 31.6 Å². The summed E-state index contributed by atoms with van der Waals surface area (Å²) < 4.78 is 11.5. The number of benzene rings is 3. The Morgan fingerprint density at radius 2 is 1.60 bits per heavy atom. The van der Waals surface area contributed by atoms with Crippen molar-refractivity contribution in [1.29, 1.82) is 0 Å². The number of nitrogens with one attached hydrogen (secondary N) is 1. The van der Waals surface area contributed by atoms with Crippen molar-refractivity contribution in [2.24, 2.45) is 11.8 Å². The largest absolute Gasteiger partial charge is 0.486 e. The van der Waals surface area contributed by atoms with E-state index in [0.29, 0.717) is 13.2 Å². The van der Waals surface area contributed by atoms with Gasteiger partial charge >= 0.3 is 0 Å². The minimum absolute atomic E-state index is 0.602. The van der Waals surface area contributed by atoms with Crippen LogP contribution < -0.4 is 14.8 Å². The lowest BCUT2D eigenvalue weighted by atomic mass is 9.83. The molecule has 3 atom stereocenters. The predicted molar refractivity (Wildman–Crippen MR) is 121 cm³/mol. The first-order chi connectivity index (χ1) is 14.8. The summed E-state index contributed by atoms with van der Waals surface area (Å²) in [6.07, 6.45) is 5.73. The first kappa shape index (κ1) is 17.9. The molecule has 3 aliphatic rings. The van der Waals surface area contributed by atoms with E-state index in [-0.39, 0.29) is 0 Å². The fourth-order valence-corrected chi connectivity index (χ4v) is 5.68. The van der Waals surface area contributed by atoms with Gasteiger partial charge in [0.1, 0.15) is 13.2 Å². The number of hydrogen-bond donors (Lipinski definition) is 1. The minimum Gasteiger partial charge on any atom is -0.486 e. The SMILES string of the molecule is c1ccc(-c2ccc3c(c2)OCCO3)c(Nc2ccc(C3CC4CCC3C4)cc2)c1. The summed E-state index contributed by atoms with van der Waals surface area (Å²) >= 11 is 0. The second kappa shape index (κ2) is 7.39. The van der Waals surface area contributed by atoms with Crippen LogP contribution in [0.15, 0.2) is 66.7 Å². The molecule has 1 heterocycles. The van der Waals surface area contributed by atoms with Crippen molar-refractivity contribution in [3.63, 3.8) is 0 Å². The molecule has 3 heteroatoms. The third-order valence-corrected chi connectivity index (χ3v) is 7.14. The van der Waals surface area contributed by atoms with Crippen molar-refractivity contribution >= 4 is 11.4 Å². The maximum atomic E-state index is 5.78. The van der Waals surface area contributed by atoms with Crippen LogP contribution in [0.2, 0.25) is 0 Å². The van der Waals surface area contributed by atoms with Gasteiger partial charge in [0.05, 0.1) is 0 Å². The van der Waals surface area contributed by atoms with Gasteiger partial charge in [-0.05, 0) is 78.5 Å². The Hall–Kier alpha value is -2.94. The molecule has 3 nitrogen and oxygen atoms in total. The lowest BCUT2D eigenvalue weighted by molar-refractivity contribution is 0.171. The molecular weight excluding hydrogens is 370 g/mol. The fraction of sp³-hybridized carbons (Fsp3) is 0.333. The minimum atomic E-state index is 0.602. The van der Waals surface area contributed by atoms with Crippen LogP contribution in [0.3, 0.4) is 0 Å². The molecule has 6 rings (SSSR count). The van der Waals surface area contributed by atoms with Crippen LogP contribution in [0.5, 0.6) is 11.5 Å². The van der Waals surface area contributed by atoms with Crippen molar-refractivity contribution < 1.29 is 9.47 Å². The highest BCUT2D eigenvalue weighted by molar-refractivity contribution is 5.82. The van der Waals surface area contributed by atoms with Gasteiger partial charge in [0.2, 0.25) is 0 Å². The summed E-state index contributed by atoms with van der Waals surface area (Å²) in [6, 6.07) is 23.8. The van der Waals surface area contributed by atoms with E-state index in [1.807, 2.05) is 6.07 Å². The Labute approximate surface area is 178 Å². The molecule has 1 N–H and O–H groups in total. The fourth-order valence-electron chi connectivity index (χ4n) is 5.68. The molecule has 2 aliphatic carbocycles. The average molecular weight is 398 g/mol. The Morgan fingerprint density at radius 1 is 0.767 bits per heavy atom. The molecular formula is C27H27NO2. The smallest absolute Gasteiger partial charge is 0.161 e. The lowest BCUT2D eigenvalue weighted by Gasteiger charge is -2.22. The number of anilines is 2. The lowest BCUT2D eigenvalue weighted by Crippen LogP contribution is -2.15. The van der Waals surface area contributed by atoms with Gasteiger partial charge in [-0.2, -0.15) is 0 Å². The van der Waals surface area contributed by atoms with Gasteiger partial charge in [0, 0.05) is 16.9 Å². The molecule has 152 valence electrons. The summed E-state index contributed by atoms with van der Waals surface area (Å²) in [5.41, 5.74) is 6.04. The Morgan fingerprint density at radius 3 is 2.40 bits per heavy atom. The number of fused-ring (bicyclic) bond motifs is 3. The highest BCUT2D eigenvalue weighted by atomic mass is 16.6. The van der Waals surface area contributed by atoms with Crippen LogP contribution in [-0.2, 0) is 0 Å². The van der Waals surface area contributed by atoms with E-state index in [2.05, 4.69) is 66.0 Å². The molecule has 0 amide bonds. The van der Waals surface area contributed by atoms with Crippen LogP contribution in [0.1, 0.15) is 37.2 Å². The molecule has 2 saturated carbocycles. The Kier molecular flexibility index (Phi) is 4.40. The van der Waals surface area contributed by atoms with Gasteiger partial charge in [-0.15, -0.1) is 0 Å². The summed E-state index contributed by atoms with van der Waals surface area (Å²) in [7, 11) is 0. The van der Waals surface area contributed by atoms with Crippen LogP contribution in [-0.4, -0.2) is 13.2 Å². The average Bonchev–Trinajstić information content (AvgIpc) is 3.44. The van der Waals surface area contributed by atoms with Gasteiger partial charge in [0.25, 0.3) is 0 Å². The highest BCUT2D eigenvalue weighted by Crippen LogP contribution is 2.52.